The molecule has 2 amide bonds. The Labute approximate surface area is 244 Å². The van der Waals surface area contributed by atoms with Crippen LogP contribution < -0.4 is 15.4 Å². The van der Waals surface area contributed by atoms with Crippen LogP contribution in [0.1, 0.15) is 48.7 Å². The highest BCUT2D eigenvalue weighted by Crippen LogP contribution is 2.54. The van der Waals surface area contributed by atoms with Crippen molar-refractivity contribution in [3.05, 3.63) is 45.4 Å². The zero-order chi connectivity index (χ0) is 31.2. The molecule has 1 aromatic carbocycles. The summed E-state index contributed by atoms with van der Waals surface area (Å²) >= 11 is 0. The van der Waals surface area contributed by atoms with Gasteiger partial charge in [-0.05, 0) is 49.9 Å². The van der Waals surface area contributed by atoms with E-state index in [2.05, 4.69) is 0 Å². The van der Waals surface area contributed by atoms with Crippen molar-refractivity contribution in [2.45, 2.75) is 51.8 Å². The molecule has 0 radical (unpaired) electrons. The quantitative estimate of drug-likeness (QED) is 0.384. The molecule has 0 saturated carbocycles. The van der Waals surface area contributed by atoms with Crippen LogP contribution >= 0.6 is 0 Å². The Morgan fingerprint density at radius 3 is 2.36 bits per heavy atom. The van der Waals surface area contributed by atoms with Gasteiger partial charge in [-0.2, -0.15) is 0 Å². The van der Waals surface area contributed by atoms with E-state index in [9.17, 15) is 34.5 Å². The van der Waals surface area contributed by atoms with Crippen LogP contribution in [-0.2, 0) is 22.6 Å². The van der Waals surface area contributed by atoms with Crippen LogP contribution in [0, 0.1) is 17.3 Å². The van der Waals surface area contributed by atoms with Crippen molar-refractivity contribution in [2.24, 2.45) is 23.0 Å². The molecule has 5 rings (SSSR count). The number of benzene rings is 1. The van der Waals surface area contributed by atoms with Crippen molar-refractivity contribution in [1.82, 2.24) is 9.80 Å². The normalized spacial score (nSPS) is 27.4. The van der Waals surface area contributed by atoms with Gasteiger partial charge in [0.15, 0.2) is 11.4 Å². The number of hydrogen-bond acceptors (Lipinski definition) is 10. The molecule has 0 fully saturated rings. The first-order chi connectivity index (χ1) is 19.4. The van der Waals surface area contributed by atoms with Gasteiger partial charge in [-0.25, -0.2) is 4.79 Å². The summed E-state index contributed by atoms with van der Waals surface area (Å²) in [5, 5.41) is 34.4. The van der Waals surface area contributed by atoms with Crippen LogP contribution in [0.3, 0.4) is 0 Å². The minimum absolute atomic E-state index is 0.0366. The van der Waals surface area contributed by atoms with Crippen molar-refractivity contribution in [2.75, 3.05) is 39.6 Å². The SMILES string of the molecule is CN(C)c1cc2c(c3c1CC1CC4[C@H](N(C)C)C(O)=C(C(N)=O)C(=O)[C@@]4(O)C(O)=C1C3=O)OC(=O)N(CC(C)(C)C)C2. The van der Waals surface area contributed by atoms with Crippen LogP contribution in [0.5, 0.6) is 5.75 Å². The lowest BCUT2D eigenvalue weighted by Crippen LogP contribution is -2.63. The second-order valence-corrected chi connectivity index (χ2v) is 13.4. The first kappa shape index (κ1) is 29.6. The fourth-order valence-corrected chi connectivity index (χ4v) is 7.09. The summed E-state index contributed by atoms with van der Waals surface area (Å²) < 4.78 is 5.78. The third-order valence-corrected chi connectivity index (χ3v) is 8.71. The number of aliphatic hydroxyl groups excluding tert-OH is 2. The summed E-state index contributed by atoms with van der Waals surface area (Å²) in [6.45, 7) is 6.63. The highest BCUT2D eigenvalue weighted by atomic mass is 16.6. The average Bonchev–Trinajstić information content (AvgIpc) is 2.85. The Bertz CT molecular complexity index is 1500. The molecule has 42 heavy (non-hydrogen) atoms. The van der Waals surface area contributed by atoms with Crippen LogP contribution in [0.15, 0.2) is 28.7 Å². The number of hydrogen-bond donors (Lipinski definition) is 4. The molecule has 0 bridgehead atoms. The number of rotatable bonds is 4. The van der Waals surface area contributed by atoms with E-state index in [-0.39, 0.29) is 41.7 Å². The molecule has 4 aliphatic rings. The molecule has 12 heteroatoms. The highest BCUT2D eigenvalue weighted by Gasteiger charge is 2.63. The average molecular weight is 583 g/mol. The fraction of sp³-hybridized carbons (Fsp3) is 0.533. The number of nitrogens with two attached hydrogens (primary N) is 1. The van der Waals surface area contributed by atoms with E-state index < -0.39 is 64.1 Å². The Hall–Kier alpha value is -3.90. The first-order valence-electron chi connectivity index (χ1n) is 13.9. The maximum absolute atomic E-state index is 14.3. The third kappa shape index (κ3) is 4.18. The lowest BCUT2D eigenvalue weighted by molar-refractivity contribution is -0.148. The van der Waals surface area contributed by atoms with E-state index in [0.29, 0.717) is 17.7 Å². The lowest BCUT2D eigenvalue weighted by Gasteiger charge is -2.50. The van der Waals surface area contributed by atoms with E-state index in [4.69, 9.17) is 10.5 Å². The number of ether oxygens (including phenoxy) is 1. The van der Waals surface area contributed by atoms with E-state index >= 15 is 0 Å². The van der Waals surface area contributed by atoms with E-state index in [1.807, 2.05) is 45.8 Å². The number of carbonyl (C=O) groups is 4. The Morgan fingerprint density at radius 1 is 1.17 bits per heavy atom. The van der Waals surface area contributed by atoms with E-state index in [0.717, 1.165) is 5.69 Å². The van der Waals surface area contributed by atoms with Crippen molar-refractivity contribution in [3.63, 3.8) is 0 Å². The molecule has 1 aliphatic heterocycles. The topological polar surface area (TPSA) is 174 Å². The van der Waals surface area contributed by atoms with Gasteiger partial charge in [-0.3, -0.25) is 19.3 Å². The molecule has 1 aromatic rings. The maximum Gasteiger partial charge on any atom is 0.415 e. The van der Waals surface area contributed by atoms with Crippen molar-refractivity contribution in [1.29, 1.82) is 0 Å². The van der Waals surface area contributed by atoms with Crippen molar-refractivity contribution >= 4 is 29.3 Å². The number of nitrogens with zero attached hydrogens (tertiary/aromatic N) is 3. The van der Waals surface area contributed by atoms with Gasteiger partial charge < -0.3 is 35.6 Å². The summed E-state index contributed by atoms with van der Waals surface area (Å²) in [7, 11) is 6.88. The molecule has 1 heterocycles. The number of carbonyl (C=O) groups excluding carboxylic acids is 4. The molecule has 2 unspecified atom stereocenters. The summed E-state index contributed by atoms with van der Waals surface area (Å²) in [5.74, 6) is -6.27. The predicted molar refractivity (Wildman–Crippen MR) is 152 cm³/mol. The second-order valence-electron chi connectivity index (χ2n) is 13.4. The number of likely N-dealkylation sites (N-methyl/N-ethyl adjacent to an activating group) is 1. The Balaban J connectivity index is 1.70. The molecule has 226 valence electrons. The number of allylic oxidation sites excluding steroid dienone is 1. The standard InChI is InChI=1S/C30H38N4O8/c1-29(2,3)12-34-11-14-10-17(32(4)5)15-8-13-9-16-21(33(6)7)23(36)20(27(31)39)26(38)30(16,41)25(37)18(13)22(35)19(15)24(14)42-28(34)40/h10,13,16,21,36-37,41H,8-9,11-12H2,1-7H3,(H2,31,39)/t13?,16?,21-,30-/m0/s1. The van der Waals surface area contributed by atoms with Gasteiger partial charge in [-0.1, -0.05) is 20.8 Å². The molecule has 3 aliphatic carbocycles. The number of aliphatic hydroxyl groups is 3. The third-order valence-electron chi connectivity index (χ3n) is 8.71. The summed E-state index contributed by atoms with van der Waals surface area (Å²) in [6, 6.07) is 0.861. The van der Waals surface area contributed by atoms with E-state index in [1.54, 1.807) is 19.0 Å². The Kier molecular flexibility index (Phi) is 6.74. The molecule has 4 atom stereocenters. The van der Waals surface area contributed by atoms with Gasteiger partial charge in [0.05, 0.1) is 18.2 Å². The van der Waals surface area contributed by atoms with E-state index in [1.165, 1.54) is 4.90 Å². The van der Waals surface area contributed by atoms with Gasteiger partial charge in [0.25, 0.3) is 5.91 Å². The summed E-state index contributed by atoms with van der Waals surface area (Å²) in [4.78, 5) is 58.1. The Morgan fingerprint density at radius 2 is 1.81 bits per heavy atom. The first-order valence-corrected chi connectivity index (χ1v) is 13.9. The minimum atomic E-state index is -2.68. The molecular weight excluding hydrogens is 544 g/mol. The van der Waals surface area contributed by atoms with Gasteiger partial charge in [0.2, 0.25) is 5.78 Å². The van der Waals surface area contributed by atoms with Crippen molar-refractivity contribution < 1.29 is 39.2 Å². The lowest BCUT2D eigenvalue weighted by atomic mass is 9.58. The number of Topliss-reactive ketones (excluding diaryl/α,β-unsaturated/α-hetero) is 2. The molecule has 0 aromatic heterocycles. The molecular formula is C30H38N4O8. The number of amides is 2. The fourth-order valence-electron chi connectivity index (χ4n) is 7.09. The molecule has 5 N–H and O–H groups in total. The zero-order valence-electron chi connectivity index (χ0n) is 24.9. The van der Waals surface area contributed by atoms with Gasteiger partial charge in [0.1, 0.15) is 22.8 Å². The molecule has 0 saturated heterocycles. The van der Waals surface area contributed by atoms with Gasteiger partial charge >= 0.3 is 6.09 Å². The molecule has 0 spiro atoms. The van der Waals surface area contributed by atoms with Crippen LogP contribution in [-0.4, -0.2) is 95.1 Å². The van der Waals surface area contributed by atoms with Gasteiger partial charge in [0, 0.05) is 43.4 Å². The number of primary amides is 1. The second kappa shape index (κ2) is 9.56. The predicted octanol–water partition coefficient (Wildman–Crippen LogP) is 1.84. The zero-order valence-corrected chi connectivity index (χ0v) is 24.9. The largest absolute Gasteiger partial charge is 0.510 e. The smallest absolute Gasteiger partial charge is 0.415 e. The molecule has 12 nitrogen and oxygen atoms in total. The summed E-state index contributed by atoms with van der Waals surface area (Å²) in [6.07, 6.45) is -0.330. The minimum Gasteiger partial charge on any atom is -0.510 e. The van der Waals surface area contributed by atoms with Crippen LogP contribution in [0.25, 0.3) is 0 Å². The number of anilines is 1. The van der Waals surface area contributed by atoms with Gasteiger partial charge in [-0.15, -0.1) is 0 Å². The number of fused-ring (bicyclic) bond motifs is 5. The van der Waals surface area contributed by atoms with Crippen LogP contribution in [0.2, 0.25) is 0 Å². The summed E-state index contributed by atoms with van der Waals surface area (Å²) in [5.41, 5.74) is 3.62. The van der Waals surface area contributed by atoms with Crippen LogP contribution in [0.4, 0.5) is 10.5 Å². The van der Waals surface area contributed by atoms with Crippen molar-refractivity contribution in [3.8, 4) is 5.75 Å². The maximum atomic E-state index is 14.3. The number of ketones is 2. The highest BCUT2D eigenvalue weighted by molar-refractivity contribution is 6.25. The monoisotopic (exact) mass is 582 g/mol.